The molecule has 1 atom stereocenters. The number of hydrogen-bond acceptors (Lipinski definition) is 7. The number of benzene rings is 3. The van der Waals surface area contributed by atoms with Crippen LogP contribution >= 0.6 is 0 Å². The lowest BCUT2D eigenvalue weighted by Gasteiger charge is -2.26. The summed E-state index contributed by atoms with van der Waals surface area (Å²) < 4.78 is 10.8. The number of Topliss-reactive ketones (excluding diaryl/α,β-unsaturated/α-hetero) is 1. The molecule has 3 aromatic rings. The van der Waals surface area contributed by atoms with E-state index in [9.17, 15) is 24.8 Å². The van der Waals surface area contributed by atoms with Crippen LogP contribution in [0, 0.1) is 10.1 Å². The first-order valence-electron chi connectivity index (χ1n) is 11.2. The number of likely N-dealkylation sites (tertiary alicyclic amines) is 1. The summed E-state index contributed by atoms with van der Waals surface area (Å²) >= 11 is 0. The van der Waals surface area contributed by atoms with E-state index in [4.69, 9.17) is 9.47 Å². The molecule has 0 bridgehead atoms. The molecule has 0 saturated carbocycles. The Morgan fingerprint density at radius 2 is 1.75 bits per heavy atom. The van der Waals surface area contributed by atoms with Gasteiger partial charge in [-0.05, 0) is 42.3 Å². The largest absolute Gasteiger partial charge is 0.507 e. The van der Waals surface area contributed by atoms with Gasteiger partial charge in [0.1, 0.15) is 17.3 Å². The maximum absolute atomic E-state index is 13.2. The van der Waals surface area contributed by atoms with Crippen LogP contribution in [0.15, 0.2) is 78.4 Å². The molecule has 0 aliphatic carbocycles. The van der Waals surface area contributed by atoms with Crippen molar-refractivity contribution in [3.05, 3.63) is 105 Å². The molecule has 1 N–H and O–H groups in total. The lowest BCUT2D eigenvalue weighted by Crippen LogP contribution is -2.29. The smallest absolute Gasteiger partial charge is 0.295 e. The fourth-order valence-electron chi connectivity index (χ4n) is 4.18. The topological polar surface area (TPSA) is 119 Å². The highest BCUT2D eigenvalue weighted by molar-refractivity contribution is 6.46. The molecule has 0 aromatic heterocycles. The van der Waals surface area contributed by atoms with Gasteiger partial charge in [0, 0.05) is 24.2 Å². The van der Waals surface area contributed by atoms with E-state index in [0.29, 0.717) is 23.7 Å². The fourth-order valence-corrected chi connectivity index (χ4v) is 4.18. The van der Waals surface area contributed by atoms with Gasteiger partial charge in [-0.3, -0.25) is 19.7 Å². The van der Waals surface area contributed by atoms with Gasteiger partial charge in [-0.15, -0.1) is 0 Å². The first-order valence-corrected chi connectivity index (χ1v) is 11.2. The number of ether oxygens (including phenoxy) is 2. The molecule has 0 radical (unpaired) electrons. The monoisotopic (exact) mass is 488 g/mol. The van der Waals surface area contributed by atoms with E-state index in [-0.39, 0.29) is 23.4 Å². The van der Waals surface area contributed by atoms with Crippen LogP contribution in [0.4, 0.5) is 5.69 Å². The molecule has 1 fully saturated rings. The first kappa shape index (κ1) is 24.5. The summed E-state index contributed by atoms with van der Waals surface area (Å²) in [5, 5.41) is 22.4. The number of ketones is 1. The average Bonchev–Trinajstić information content (AvgIpc) is 3.14. The third-order valence-corrected chi connectivity index (χ3v) is 5.87. The number of methoxy groups -OCH3 is 1. The highest BCUT2D eigenvalue weighted by Crippen LogP contribution is 2.41. The van der Waals surface area contributed by atoms with E-state index < -0.39 is 28.4 Å². The maximum Gasteiger partial charge on any atom is 0.295 e. The minimum absolute atomic E-state index is 0.0672. The van der Waals surface area contributed by atoms with Gasteiger partial charge in [-0.2, -0.15) is 0 Å². The Labute approximate surface area is 207 Å². The van der Waals surface area contributed by atoms with Gasteiger partial charge in [0.25, 0.3) is 17.4 Å². The second-order valence-electron chi connectivity index (χ2n) is 8.09. The van der Waals surface area contributed by atoms with Gasteiger partial charge >= 0.3 is 0 Å². The number of aliphatic hydroxyl groups is 1. The Bertz CT molecular complexity index is 1350. The highest BCUT2D eigenvalue weighted by atomic mass is 16.6. The van der Waals surface area contributed by atoms with Gasteiger partial charge < -0.3 is 19.5 Å². The predicted octanol–water partition coefficient (Wildman–Crippen LogP) is 4.62. The summed E-state index contributed by atoms with van der Waals surface area (Å²) in [6, 6.07) is 18.4. The lowest BCUT2D eigenvalue weighted by molar-refractivity contribution is -0.384. The minimum atomic E-state index is -0.938. The Hall–Kier alpha value is -4.66. The van der Waals surface area contributed by atoms with Crippen LogP contribution < -0.4 is 9.47 Å². The molecule has 1 unspecified atom stereocenters. The Morgan fingerprint density at radius 1 is 1.03 bits per heavy atom. The van der Waals surface area contributed by atoms with Gasteiger partial charge in [-0.25, -0.2) is 0 Å². The summed E-state index contributed by atoms with van der Waals surface area (Å²) in [4.78, 5) is 38.5. The maximum atomic E-state index is 13.2. The van der Waals surface area contributed by atoms with Crippen molar-refractivity contribution in [1.29, 1.82) is 0 Å². The number of nitro benzene ring substituents is 1. The number of amides is 1. The zero-order valence-electron chi connectivity index (χ0n) is 19.7. The number of nitro groups is 1. The molecule has 1 saturated heterocycles. The number of rotatable bonds is 8. The van der Waals surface area contributed by atoms with Crippen LogP contribution in [-0.2, 0) is 16.1 Å². The summed E-state index contributed by atoms with van der Waals surface area (Å²) in [7, 11) is 1.55. The molecule has 1 aliphatic rings. The molecular weight excluding hydrogens is 464 g/mol. The molecule has 184 valence electrons. The van der Waals surface area contributed by atoms with Crippen molar-refractivity contribution in [3.63, 3.8) is 0 Å². The number of nitrogens with zero attached hydrogens (tertiary/aromatic N) is 2. The summed E-state index contributed by atoms with van der Waals surface area (Å²) in [5.41, 5.74) is 0.973. The zero-order valence-corrected chi connectivity index (χ0v) is 19.7. The normalized spacial score (nSPS) is 16.7. The Balaban J connectivity index is 1.85. The van der Waals surface area contributed by atoms with Crippen LogP contribution in [0.5, 0.6) is 11.5 Å². The van der Waals surface area contributed by atoms with Crippen molar-refractivity contribution in [3.8, 4) is 11.5 Å². The summed E-state index contributed by atoms with van der Waals surface area (Å²) in [6.07, 6.45) is 0. The molecule has 1 heterocycles. The van der Waals surface area contributed by atoms with Crippen molar-refractivity contribution < 1.29 is 29.1 Å². The summed E-state index contributed by atoms with van der Waals surface area (Å²) in [6.45, 7) is 2.34. The van der Waals surface area contributed by atoms with E-state index in [0.717, 1.165) is 5.56 Å². The predicted molar refractivity (Wildman–Crippen MR) is 132 cm³/mol. The van der Waals surface area contributed by atoms with E-state index >= 15 is 0 Å². The minimum Gasteiger partial charge on any atom is -0.507 e. The average molecular weight is 488 g/mol. The van der Waals surface area contributed by atoms with Gasteiger partial charge in [0.15, 0.2) is 0 Å². The van der Waals surface area contributed by atoms with Crippen molar-refractivity contribution in [2.24, 2.45) is 0 Å². The van der Waals surface area contributed by atoms with E-state index in [1.165, 1.54) is 29.2 Å². The highest BCUT2D eigenvalue weighted by Gasteiger charge is 2.46. The lowest BCUT2D eigenvalue weighted by atomic mass is 9.95. The number of aliphatic hydroxyl groups excluding tert-OH is 1. The quantitative estimate of drug-likeness (QED) is 0.161. The standard InChI is InChI=1S/C27H24N2O7/c1-3-36-22-9-5-6-18(15-22)24-23(25(30)19-7-4-8-20(14-19)29(33)34)26(31)27(32)28(24)16-17-10-12-21(35-2)13-11-17/h4-15,24,30H,3,16H2,1-2H3/b25-23-. The third kappa shape index (κ3) is 4.76. The first-order chi connectivity index (χ1) is 17.3. The van der Waals surface area contributed by atoms with Gasteiger partial charge in [0.05, 0.1) is 30.3 Å². The molecule has 1 amide bonds. The number of hydrogen-bond donors (Lipinski definition) is 1. The van der Waals surface area contributed by atoms with Gasteiger partial charge in [-0.1, -0.05) is 36.4 Å². The van der Waals surface area contributed by atoms with Crippen molar-refractivity contribution in [2.75, 3.05) is 13.7 Å². The molecule has 4 rings (SSSR count). The number of carbonyl (C=O) groups is 2. The Kier molecular flexibility index (Phi) is 7.00. The van der Waals surface area contributed by atoms with Crippen LogP contribution in [-0.4, -0.2) is 40.3 Å². The molecule has 9 nitrogen and oxygen atoms in total. The van der Waals surface area contributed by atoms with E-state index in [1.807, 2.05) is 6.92 Å². The molecular formula is C27H24N2O7. The second-order valence-corrected chi connectivity index (χ2v) is 8.09. The van der Waals surface area contributed by atoms with Crippen LogP contribution in [0.1, 0.15) is 29.7 Å². The summed E-state index contributed by atoms with van der Waals surface area (Å²) in [5.74, 6) is -0.960. The SMILES string of the molecule is CCOc1cccc(C2/C(=C(/O)c3cccc([N+](=O)[O-])c3)C(=O)C(=O)N2Cc2ccc(OC)cc2)c1. The second kappa shape index (κ2) is 10.3. The van der Waals surface area contributed by atoms with Gasteiger partial charge in [0.2, 0.25) is 0 Å². The van der Waals surface area contributed by atoms with Crippen LogP contribution in [0.25, 0.3) is 5.76 Å². The molecule has 9 heteroatoms. The van der Waals surface area contributed by atoms with Crippen molar-refractivity contribution >= 4 is 23.1 Å². The van der Waals surface area contributed by atoms with Crippen molar-refractivity contribution in [2.45, 2.75) is 19.5 Å². The third-order valence-electron chi connectivity index (χ3n) is 5.87. The number of non-ortho nitro benzene ring substituents is 1. The fraction of sp³-hybridized carbons (Fsp3) is 0.185. The molecule has 0 spiro atoms. The van der Waals surface area contributed by atoms with Crippen molar-refractivity contribution in [1.82, 2.24) is 4.90 Å². The molecule has 1 aliphatic heterocycles. The van der Waals surface area contributed by atoms with Crippen LogP contribution in [0.3, 0.4) is 0 Å². The van der Waals surface area contributed by atoms with E-state index in [2.05, 4.69) is 0 Å². The van der Waals surface area contributed by atoms with E-state index in [1.54, 1.807) is 55.6 Å². The number of carbonyl (C=O) groups excluding carboxylic acids is 2. The molecule has 36 heavy (non-hydrogen) atoms. The zero-order chi connectivity index (χ0) is 25.8. The van der Waals surface area contributed by atoms with Crippen LogP contribution in [0.2, 0.25) is 0 Å². The Morgan fingerprint density at radius 3 is 2.42 bits per heavy atom. The molecule has 3 aromatic carbocycles.